The van der Waals surface area contributed by atoms with Crippen LogP contribution in [0.25, 0.3) is 0 Å². The maximum absolute atomic E-state index is 5.03. The molecule has 0 aliphatic rings. The van der Waals surface area contributed by atoms with Crippen molar-refractivity contribution in [1.29, 1.82) is 0 Å². The van der Waals surface area contributed by atoms with Crippen molar-refractivity contribution in [2.45, 2.75) is 13.3 Å². The third-order valence-corrected chi connectivity index (χ3v) is 0.289. The molecular formula is C3H12NP. The monoisotopic (exact) mass is 93.1 g/mol. The second kappa shape index (κ2) is 8.83. The first-order valence-electron chi connectivity index (χ1n) is 1.62. The van der Waals surface area contributed by atoms with E-state index >= 15 is 0 Å². The molecule has 0 aromatic carbocycles. The predicted octanol–water partition coefficient (Wildman–Crippen LogP) is 0.413. The Hall–Kier alpha value is 0.390. The molecule has 0 saturated carbocycles. The van der Waals surface area contributed by atoms with Gasteiger partial charge in [-0.1, -0.05) is 6.92 Å². The largest absolute Gasteiger partial charge is 0.330 e. The van der Waals surface area contributed by atoms with Gasteiger partial charge in [-0.3, -0.25) is 0 Å². The van der Waals surface area contributed by atoms with Gasteiger partial charge in [-0.15, -0.1) is 0 Å². The molecular weight excluding hydrogens is 81.0 g/mol. The van der Waals surface area contributed by atoms with E-state index in [-0.39, 0.29) is 9.90 Å². The fourth-order valence-electron chi connectivity index (χ4n) is 0. The number of hydrogen-bond acceptors (Lipinski definition) is 1. The van der Waals surface area contributed by atoms with Crippen LogP contribution in [0.2, 0.25) is 0 Å². The van der Waals surface area contributed by atoms with Gasteiger partial charge in [-0.05, 0) is 13.0 Å². The van der Waals surface area contributed by atoms with E-state index in [1.54, 1.807) is 0 Å². The minimum Gasteiger partial charge on any atom is -0.330 e. The van der Waals surface area contributed by atoms with Crippen LogP contribution in [0.4, 0.5) is 0 Å². The molecule has 1 atom stereocenters. The molecule has 0 radical (unpaired) electrons. The Morgan fingerprint density at radius 2 is 1.80 bits per heavy atom. The minimum atomic E-state index is 0. The van der Waals surface area contributed by atoms with Crippen molar-refractivity contribution in [3.8, 4) is 0 Å². The summed E-state index contributed by atoms with van der Waals surface area (Å²) < 4.78 is 0. The Bertz CT molecular complexity index is 8.85. The molecule has 0 saturated heterocycles. The lowest BCUT2D eigenvalue weighted by atomic mass is 10.5. The Kier molecular flexibility index (Phi) is 16.0. The lowest BCUT2D eigenvalue weighted by Gasteiger charge is -1.70. The van der Waals surface area contributed by atoms with Crippen LogP contribution < -0.4 is 5.73 Å². The second-order valence-electron chi connectivity index (χ2n) is 0.789. The summed E-state index contributed by atoms with van der Waals surface area (Å²) in [6, 6.07) is 0. The van der Waals surface area contributed by atoms with Crippen LogP contribution >= 0.6 is 9.90 Å². The molecule has 0 heterocycles. The van der Waals surface area contributed by atoms with Gasteiger partial charge in [0, 0.05) is 0 Å². The molecule has 0 rings (SSSR count). The van der Waals surface area contributed by atoms with E-state index in [9.17, 15) is 0 Å². The Morgan fingerprint density at radius 3 is 1.80 bits per heavy atom. The first kappa shape index (κ1) is 9.04. The molecule has 0 aliphatic carbocycles. The molecule has 0 aromatic heterocycles. The van der Waals surface area contributed by atoms with Crippen molar-refractivity contribution in [1.82, 2.24) is 0 Å². The van der Waals surface area contributed by atoms with Crippen LogP contribution in [0, 0.1) is 0 Å². The molecule has 0 amide bonds. The maximum atomic E-state index is 5.03. The van der Waals surface area contributed by atoms with E-state index in [2.05, 4.69) is 6.92 Å². The molecule has 5 heavy (non-hydrogen) atoms. The van der Waals surface area contributed by atoms with Crippen LogP contribution in [-0.2, 0) is 0 Å². The van der Waals surface area contributed by atoms with Gasteiger partial charge in [0.1, 0.15) is 0 Å². The van der Waals surface area contributed by atoms with Crippen molar-refractivity contribution < 1.29 is 0 Å². The fourth-order valence-corrected chi connectivity index (χ4v) is 0. The van der Waals surface area contributed by atoms with Crippen molar-refractivity contribution in [3.63, 3.8) is 0 Å². The molecule has 0 aromatic rings. The molecule has 2 heteroatoms. The van der Waals surface area contributed by atoms with Gasteiger partial charge in [-0.25, -0.2) is 0 Å². The first-order valence-corrected chi connectivity index (χ1v) is 1.62. The molecule has 2 N–H and O–H groups in total. The van der Waals surface area contributed by atoms with Crippen LogP contribution in [-0.4, -0.2) is 6.54 Å². The summed E-state index contributed by atoms with van der Waals surface area (Å²) >= 11 is 0. The normalized spacial score (nSPS) is 6.00. The van der Waals surface area contributed by atoms with Gasteiger partial charge in [0.25, 0.3) is 0 Å². The van der Waals surface area contributed by atoms with Crippen molar-refractivity contribution >= 4 is 9.90 Å². The highest BCUT2D eigenvalue weighted by atomic mass is 31.0. The topological polar surface area (TPSA) is 26.0 Å². The summed E-state index contributed by atoms with van der Waals surface area (Å²) in [5, 5.41) is 0. The fraction of sp³-hybridized carbons (Fsp3) is 1.00. The quantitative estimate of drug-likeness (QED) is 0.467. The maximum Gasteiger partial charge on any atom is -0.00799 e. The number of rotatable bonds is 1. The van der Waals surface area contributed by atoms with Crippen LogP contribution in [0.15, 0.2) is 0 Å². The van der Waals surface area contributed by atoms with E-state index in [0.29, 0.717) is 0 Å². The predicted molar refractivity (Wildman–Crippen MR) is 30.5 cm³/mol. The van der Waals surface area contributed by atoms with E-state index in [1.165, 1.54) is 0 Å². The lowest BCUT2D eigenvalue weighted by molar-refractivity contribution is 0.932. The SMILES string of the molecule is CCCN.P. The van der Waals surface area contributed by atoms with Gasteiger partial charge < -0.3 is 5.73 Å². The third-order valence-electron chi connectivity index (χ3n) is 0.289. The molecule has 1 unspecified atom stereocenters. The summed E-state index contributed by atoms with van der Waals surface area (Å²) in [7, 11) is 0. The Balaban J connectivity index is 0. The number of hydrogen-bond donors (Lipinski definition) is 1. The van der Waals surface area contributed by atoms with Gasteiger partial charge in [0.2, 0.25) is 0 Å². The highest BCUT2D eigenvalue weighted by Crippen LogP contribution is 1.57. The third kappa shape index (κ3) is 13.0. The molecule has 0 aliphatic heterocycles. The molecule has 0 fully saturated rings. The van der Waals surface area contributed by atoms with Crippen LogP contribution in [0.5, 0.6) is 0 Å². The van der Waals surface area contributed by atoms with Gasteiger partial charge in [0.05, 0.1) is 0 Å². The van der Waals surface area contributed by atoms with Gasteiger partial charge in [0.15, 0.2) is 0 Å². The van der Waals surface area contributed by atoms with E-state index in [1.807, 2.05) is 0 Å². The zero-order chi connectivity index (χ0) is 3.41. The molecule has 0 bridgehead atoms. The summed E-state index contributed by atoms with van der Waals surface area (Å²) in [4.78, 5) is 0. The van der Waals surface area contributed by atoms with Crippen molar-refractivity contribution in [2.24, 2.45) is 5.73 Å². The van der Waals surface area contributed by atoms with Crippen molar-refractivity contribution in [3.05, 3.63) is 0 Å². The number of nitrogens with two attached hydrogens (primary N) is 1. The Labute approximate surface area is 36.6 Å². The van der Waals surface area contributed by atoms with Crippen LogP contribution in [0.1, 0.15) is 13.3 Å². The van der Waals surface area contributed by atoms with E-state index < -0.39 is 0 Å². The van der Waals surface area contributed by atoms with Gasteiger partial charge in [-0.2, -0.15) is 9.90 Å². The minimum absolute atomic E-state index is 0. The average molecular weight is 93.1 g/mol. The zero-order valence-corrected chi connectivity index (χ0v) is 5.11. The summed E-state index contributed by atoms with van der Waals surface area (Å²) in [6.45, 7) is 2.88. The molecule has 34 valence electrons. The molecule has 1 nitrogen and oxygen atoms in total. The molecule has 0 spiro atoms. The van der Waals surface area contributed by atoms with Crippen molar-refractivity contribution in [2.75, 3.05) is 6.54 Å². The zero-order valence-electron chi connectivity index (χ0n) is 3.70. The average Bonchev–Trinajstić information content (AvgIpc) is 1.37. The highest BCUT2D eigenvalue weighted by Gasteiger charge is 1.55. The summed E-state index contributed by atoms with van der Waals surface area (Å²) in [6.07, 6.45) is 1.10. The first-order chi connectivity index (χ1) is 1.91. The lowest BCUT2D eigenvalue weighted by Crippen LogP contribution is -1.93. The Morgan fingerprint density at radius 1 is 1.60 bits per heavy atom. The highest BCUT2D eigenvalue weighted by molar-refractivity contribution is 6.92. The smallest absolute Gasteiger partial charge is 0.00799 e. The second-order valence-corrected chi connectivity index (χ2v) is 0.789. The van der Waals surface area contributed by atoms with E-state index in [0.717, 1.165) is 13.0 Å². The van der Waals surface area contributed by atoms with Crippen LogP contribution in [0.3, 0.4) is 0 Å². The van der Waals surface area contributed by atoms with Gasteiger partial charge >= 0.3 is 0 Å². The summed E-state index contributed by atoms with van der Waals surface area (Å²) in [5.74, 6) is 0. The van der Waals surface area contributed by atoms with E-state index in [4.69, 9.17) is 5.73 Å². The standard InChI is InChI=1S/C3H9N.H3P/c1-2-3-4;/h2-4H2,1H3;1H3. The summed E-state index contributed by atoms with van der Waals surface area (Å²) in [5.41, 5.74) is 5.03.